The van der Waals surface area contributed by atoms with E-state index in [2.05, 4.69) is 10.6 Å². The van der Waals surface area contributed by atoms with Crippen LogP contribution in [0.5, 0.6) is 0 Å². The first kappa shape index (κ1) is 17.7. The van der Waals surface area contributed by atoms with Gasteiger partial charge < -0.3 is 10.6 Å². The van der Waals surface area contributed by atoms with Crippen molar-refractivity contribution in [3.05, 3.63) is 95.0 Å². The number of halogens is 1. The van der Waals surface area contributed by atoms with Crippen LogP contribution in [0.15, 0.2) is 78.9 Å². The summed E-state index contributed by atoms with van der Waals surface area (Å²) in [6.45, 7) is 0. The van der Waals surface area contributed by atoms with Crippen LogP contribution in [-0.4, -0.2) is 11.8 Å². The van der Waals surface area contributed by atoms with Crippen molar-refractivity contribution in [2.45, 2.75) is 6.42 Å². The number of rotatable bonds is 5. The Hall–Kier alpha value is -3.11. The molecular weight excluding hydrogens is 348 g/mol. The molecule has 0 aliphatic rings. The molecule has 3 aromatic carbocycles. The number of benzene rings is 3. The molecule has 0 fully saturated rings. The number of carbonyl (C=O) groups excluding carboxylic acids is 2. The Balaban J connectivity index is 1.57. The Bertz CT molecular complexity index is 892. The lowest BCUT2D eigenvalue weighted by Crippen LogP contribution is -2.15. The molecule has 0 aliphatic heterocycles. The molecule has 0 radical (unpaired) electrons. The summed E-state index contributed by atoms with van der Waals surface area (Å²) in [6.07, 6.45) is 0.257. The van der Waals surface area contributed by atoms with Crippen molar-refractivity contribution in [1.29, 1.82) is 0 Å². The topological polar surface area (TPSA) is 58.2 Å². The molecule has 2 N–H and O–H groups in total. The van der Waals surface area contributed by atoms with E-state index in [1.54, 1.807) is 36.4 Å². The normalized spacial score (nSPS) is 10.2. The first-order chi connectivity index (χ1) is 12.6. The summed E-state index contributed by atoms with van der Waals surface area (Å²) in [5.41, 5.74) is 2.77. The predicted octanol–water partition coefficient (Wildman–Crippen LogP) is 4.77. The fraction of sp³-hybridized carbons (Fsp3) is 0.0476. The van der Waals surface area contributed by atoms with Crippen LogP contribution in [0.1, 0.15) is 15.9 Å². The standard InChI is InChI=1S/C21H17ClN2O2/c22-17-10-6-15(7-11-17)14-20(25)23-19-12-8-16(9-13-19)21(26)24-18-4-2-1-3-5-18/h1-13H,14H2,(H,23,25)(H,24,26). The molecule has 4 nitrogen and oxygen atoms in total. The van der Waals surface area contributed by atoms with Gasteiger partial charge in [0.2, 0.25) is 5.91 Å². The van der Waals surface area contributed by atoms with Crippen molar-refractivity contribution in [2.24, 2.45) is 0 Å². The van der Waals surface area contributed by atoms with Crippen molar-refractivity contribution in [3.8, 4) is 0 Å². The van der Waals surface area contributed by atoms with Gasteiger partial charge in [-0.05, 0) is 54.1 Å². The molecule has 0 bridgehead atoms. The predicted molar refractivity (Wildman–Crippen MR) is 105 cm³/mol. The van der Waals surface area contributed by atoms with E-state index >= 15 is 0 Å². The fourth-order valence-electron chi connectivity index (χ4n) is 2.42. The average Bonchev–Trinajstić information content (AvgIpc) is 2.65. The van der Waals surface area contributed by atoms with Crippen LogP contribution in [0.4, 0.5) is 11.4 Å². The maximum Gasteiger partial charge on any atom is 0.255 e. The van der Waals surface area contributed by atoms with E-state index in [1.165, 1.54) is 0 Å². The van der Waals surface area contributed by atoms with Gasteiger partial charge in [0, 0.05) is 22.0 Å². The van der Waals surface area contributed by atoms with Gasteiger partial charge in [-0.3, -0.25) is 9.59 Å². The number of nitrogens with one attached hydrogen (secondary N) is 2. The Morgan fingerprint density at radius 3 is 2.00 bits per heavy atom. The lowest BCUT2D eigenvalue weighted by atomic mass is 10.1. The molecule has 0 aliphatic carbocycles. The van der Waals surface area contributed by atoms with Gasteiger partial charge in [-0.25, -0.2) is 0 Å². The molecule has 5 heteroatoms. The third kappa shape index (κ3) is 4.94. The molecule has 0 saturated carbocycles. The Morgan fingerprint density at radius 1 is 0.731 bits per heavy atom. The van der Waals surface area contributed by atoms with Crippen LogP contribution in [0.3, 0.4) is 0 Å². The lowest BCUT2D eigenvalue weighted by molar-refractivity contribution is -0.115. The molecule has 0 unspecified atom stereocenters. The maximum absolute atomic E-state index is 12.2. The highest BCUT2D eigenvalue weighted by Crippen LogP contribution is 2.14. The highest BCUT2D eigenvalue weighted by atomic mass is 35.5. The second kappa shape index (κ2) is 8.32. The van der Waals surface area contributed by atoms with Crippen molar-refractivity contribution >= 4 is 34.8 Å². The highest BCUT2D eigenvalue weighted by Gasteiger charge is 2.08. The highest BCUT2D eigenvalue weighted by molar-refractivity contribution is 6.30. The van der Waals surface area contributed by atoms with Gasteiger partial charge >= 0.3 is 0 Å². The third-order valence-electron chi connectivity index (χ3n) is 3.74. The monoisotopic (exact) mass is 364 g/mol. The maximum atomic E-state index is 12.2. The second-order valence-electron chi connectivity index (χ2n) is 5.75. The van der Waals surface area contributed by atoms with E-state index in [4.69, 9.17) is 11.6 Å². The third-order valence-corrected chi connectivity index (χ3v) is 3.99. The number of amides is 2. The summed E-state index contributed by atoms with van der Waals surface area (Å²) < 4.78 is 0. The Kier molecular flexibility index (Phi) is 5.66. The molecule has 130 valence electrons. The Labute approximate surface area is 156 Å². The van der Waals surface area contributed by atoms with Crippen molar-refractivity contribution in [3.63, 3.8) is 0 Å². The lowest BCUT2D eigenvalue weighted by Gasteiger charge is -2.08. The van der Waals surface area contributed by atoms with E-state index in [0.29, 0.717) is 16.3 Å². The van der Waals surface area contributed by atoms with Crippen molar-refractivity contribution < 1.29 is 9.59 Å². The van der Waals surface area contributed by atoms with Gasteiger partial charge in [0.25, 0.3) is 5.91 Å². The van der Waals surface area contributed by atoms with E-state index < -0.39 is 0 Å². The zero-order valence-electron chi connectivity index (χ0n) is 13.9. The zero-order chi connectivity index (χ0) is 18.4. The average molecular weight is 365 g/mol. The van der Waals surface area contributed by atoms with Crippen molar-refractivity contribution in [2.75, 3.05) is 10.6 Å². The van der Waals surface area contributed by atoms with Crippen LogP contribution in [0.2, 0.25) is 5.02 Å². The van der Waals surface area contributed by atoms with E-state index in [9.17, 15) is 9.59 Å². The summed E-state index contributed by atoms with van der Waals surface area (Å²) in [5, 5.41) is 6.27. The smallest absolute Gasteiger partial charge is 0.255 e. The molecule has 3 aromatic rings. The molecule has 0 heterocycles. The van der Waals surface area contributed by atoms with Gasteiger partial charge in [-0.1, -0.05) is 41.9 Å². The largest absolute Gasteiger partial charge is 0.326 e. The summed E-state index contributed by atoms with van der Waals surface area (Å²) in [7, 11) is 0. The fourth-order valence-corrected chi connectivity index (χ4v) is 2.55. The number of para-hydroxylation sites is 1. The molecule has 0 atom stereocenters. The molecule has 0 aromatic heterocycles. The quantitative estimate of drug-likeness (QED) is 0.684. The summed E-state index contributed by atoms with van der Waals surface area (Å²) in [5.74, 6) is -0.330. The molecule has 2 amide bonds. The summed E-state index contributed by atoms with van der Waals surface area (Å²) in [4.78, 5) is 24.3. The number of hydrogen-bond acceptors (Lipinski definition) is 2. The number of hydrogen-bond donors (Lipinski definition) is 2. The van der Waals surface area contributed by atoms with E-state index in [1.807, 2.05) is 42.5 Å². The van der Waals surface area contributed by atoms with E-state index in [0.717, 1.165) is 11.3 Å². The van der Waals surface area contributed by atoms with E-state index in [-0.39, 0.29) is 18.2 Å². The van der Waals surface area contributed by atoms with Gasteiger partial charge in [0.05, 0.1) is 6.42 Å². The number of anilines is 2. The first-order valence-corrected chi connectivity index (χ1v) is 8.49. The van der Waals surface area contributed by atoms with Crippen LogP contribution in [0, 0.1) is 0 Å². The van der Waals surface area contributed by atoms with Gasteiger partial charge in [-0.2, -0.15) is 0 Å². The minimum atomic E-state index is -0.199. The van der Waals surface area contributed by atoms with Crippen molar-refractivity contribution in [1.82, 2.24) is 0 Å². The Morgan fingerprint density at radius 2 is 1.35 bits per heavy atom. The van der Waals surface area contributed by atoms with Crippen LogP contribution in [-0.2, 0) is 11.2 Å². The molecule has 0 spiro atoms. The minimum absolute atomic E-state index is 0.131. The molecule has 0 saturated heterocycles. The second-order valence-corrected chi connectivity index (χ2v) is 6.19. The zero-order valence-corrected chi connectivity index (χ0v) is 14.7. The molecule has 26 heavy (non-hydrogen) atoms. The SMILES string of the molecule is O=C(Cc1ccc(Cl)cc1)Nc1ccc(C(=O)Nc2ccccc2)cc1. The summed E-state index contributed by atoms with van der Waals surface area (Å²) >= 11 is 5.84. The van der Waals surface area contributed by atoms with Gasteiger partial charge in [0.15, 0.2) is 0 Å². The van der Waals surface area contributed by atoms with Gasteiger partial charge in [0.1, 0.15) is 0 Å². The first-order valence-electron chi connectivity index (χ1n) is 8.11. The van der Waals surface area contributed by atoms with Crippen LogP contribution >= 0.6 is 11.6 Å². The summed E-state index contributed by atoms with van der Waals surface area (Å²) in [6, 6.07) is 23.2. The van der Waals surface area contributed by atoms with Crippen LogP contribution in [0.25, 0.3) is 0 Å². The molecular formula is C21H17ClN2O2. The minimum Gasteiger partial charge on any atom is -0.326 e. The van der Waals surface area contributed by atoms with Gasteiger partial charge in [-0.15, -0.1) is 0 Å². The number of carbonyl (C=O) groups is 2. The molecule has 3 rings (SSSR count). The van der Waals surface area contributed by atoms with Crippen LogP contribution < -0.4 is 10.6 Å².